The van der Waals surface area contributed by atoms with E-state index in [2.05, 4.69) is 20.3 Å². The van der Waals surface area contributed by atoms with Crippen LogP contribution in [0.5, 0.6) is 5.88 Å². The molecule has 0 aromatic carbocycles. The molecular weight excluding hydrogens is 284 g/mol. The summed E-state index contributed by atoms with van der Waals surface area (Å²) in [7, 11) is 0. The van der Waals surface area contributed by atoms with E-state index in [1.807, 2.05) is 12.1 Å². The van der Waals surface area contributed by atoms with Crippen molar-refractivity contribution >= 4 is 11.5 Å². The highest BCUT2D eigenvalue weighted by Crippen LogP contribution is 2.19. The van der Waals surface area contributed by atoms with Gasteiger partial charge in [-0.05, 0) is 12.1 Å². The summed E-state index contributed by atoms with van der Waals surface area (Å²) in [5.41, 5.74) is 0.793. The van der Waals surface area contributed by atoms with Crippen LogP contribution < -0.4 is 10.1 Å². The predicted octanol–water partition coefficient (Wildman–Crippen LogP) is 1.67. The fraction of sp³-hybridized carbons (Fsp3) is 0.400. The van der Waals surface area contributed by atoms with E-state index in [-0.39, 0.29) is 12.7 Å². The molecule has 2 N–H and O–H groups in total. The summed E-state index contributed by atoms with van der Waals surface area (Å²) in [5, 5.41) is 12.1. The Hall–Kier alpha value is -2.25. The van der Waals surface area contributed by atoms with Gasteiger partial charge in [-0.2, -0.15) is 0 Å². The maximum atomic E-state index is 9.03. The quantitative estimate of drug-likeness (QED) is 0.868. The number of aliphatic hydroxyl groups is 1. The second-order valence-corrected chi connectivity index (χ2v) is 4.96. The zero-order chi connectivity index (χ0) is 15.2. The zero-order valence-electron chi connectivity index (χ0n) is 12.1. The first-order valence-corrected chi connectivity index (χ1v) is 7.24. The van der Waals surface area contributed by atoms with Gasteiger partial charge in [-0.25, -0.2) is 15.0 Å². The van der Waals surface area contributed by atoms with E-state index in [1.54, 1.807) is 18.5 Å². The van der Waals surface area contributed by atoms with Crippen LogP contribution in [0.15, 0.2) is 30.6 Å². The molecule has 7 nitrogen and oxygen atoms in total. The van der Waals surface area contributed by atoms with E-state index in [0.29, 0.717) is 17.5 Å². The summed E-state index contributed by atoms with van der Waals surface area (Å²) in [6.07, 6.45) is 5.25. The number of aliphatic hydroxyl groups excluding tert-OH is 1. The van der Waals surface area contributed by atoms with E-state index in [9.17, 15) is 0 Å². The molecule has 0 amide bonds. The topological polar surface area (TPSA) is 89.4 Å². The molecule has 0 spiro atoms. The molecule has 1 fully saturated rings. The summed E-state index contributed by atoms with van der Waals surface area (Å²) < 4.78 is 11.1. The lowest BCUT2D eigenvalue weighted by atomic mass is 10.1. The minimum Gasteiger partial charge on any atom is -0.474 e. The van der Waals surface area contributed by atoms with Crippen molar-refractivity contribution in [3.8, 4) is 5.88 Å². The first-order chi connectivity index (χ1) is 10.8. The predicted molar refractivity (Wildman–Crippen MR) is 79.9 cm³/mol. The van der Waals surface area contributed by atoms with Crippen LogP contribution in [0, 0.1) is 0 Å². The fourth-order valence-electron chi connectivity index (χ4n) is 2.18. The average molecular weight is 302 g/mol. The Balaban J connectivity index is 1.60. The Bertz CT molecular complexity index is 600. The third-order valence-corrected chi connectivity index (χ3v) is 3.31. The molecule has 0 unspecified atom stereocenters. The van der Waals surface area contributed by atoms with Crippen LogP contribution in [-0.2, 0) is 11.3 Å². The number of nitrogens with zero attached hydrogens (tertiary/aromatic N) is 3. The number of rotatable bonds is 5. The minimum atomic E-state index is -0.189. The van der Waals surface area contributed by atoms with E-state index in [1.165, 1.54) is 0 Å². The van der Waals surface area contributed by atoms with Gasteiger partial charge in [-0.3, -0.25) is 0 Å². The molecule has 116 valence electrons. The van der Waals surface area contributed by atoms with Crippen molar-refractivity contribution in [2.24, 2.45) is 0 Å². The van der Waals surface area contributed by atoms with Crippen LogP contribution in [-0.4, -0.2) is 39.4 Å². The molecule has 0 bridgehead atoms. The molecule has 3 heterocycles. The summed E-state index contributed by atoms with van der Waals surface area (Å²) in [6, 6.07) is 5.43. The molecule has 0 aliphatic carbocycles. The maximum absolute atomic E-state index is 9.03. The summed E-state index contributed by atoms with van der Waals surface area (Å²) in [4.78, 5) is 12.4. The van der Waals surface area contributed by atoms with Gasteiger partial charge in [0.05, 0.1) is 25.1 Å². The number of anilines is 2. The second-order valence-electron chi connectivity index (χ2n) is 4.96. The highest BCUT2D eigenvalue weighted by molar-refractivity contribution is 5.54. The lowest BCUT2D eigenvalue weighted by Gasteiger charge is -2.22. The van der Waals surface area contributed by atoms with Gasteiger partial charge >= 0.3 is 0 Å². The lowest BCUT2D eigenvalue weighted by molar-refractivity contribution is 0.0237. The van der Waals surface area contributed by atoms with Gasteiger partial charge in [-0.15, -0.1) is 0 Å². The highest BCUT2D eigenvalue weighted by Gasteiger charge is 2.15. The van der Waals surface area contributed by atoms with Crippen LogP contribution >= 0.6 is 0 Å². The SMILES string of the molecule is OCc1nccc(Nc2ccc(OC3CCOCC3)nc2)n1. The fourth-order valence-corrected chi connectivity index (χ4v) is 2.18. The molecule has 2 aromatic heterocycles. The Labute approximate surface area is 128 Å². The number of ether oxygens (including phenoxy) is 2. The standard InChI is InChI=1S/C15H18N4O3/c20-10-14-16-6-3-13(19-14)18-11-1-2-15(17-9-11)22-12-4-7-21-8-5-12/h1-3,6,9,12,20H,4-5,7-8,10H2,(H,16,18,19). The third kappa shape index (κ3) is 3.90. The van der Waals surface area contributed by atoms with Crippen LogP contribution in [0.3, 0.4) is 0 Å². The zero-order valence-corrected chi connectivity index (χ0v) is 12.1. The van der Waals surface area contributed by atoms with Crippen LogP contribution in [0.1, 0.15) is 18.7 Å². The molecule has 1 aliphatic heterocycles. The molecular formula is C15H18N4O3. The smallest absolute Gasteiger partial charge is 0.213 e. The van der Waals surface area contributed by atoms with Crippen LogP contribution in [0.25, 0.3) is 0 Å². The molecule has 2 aromatic rings. The molecule has 0 atom stereocenters. The number of aromatic nitrogens is 3. The molecule has 0 radical (unpaired) electrons. The lowest BCUT2D eigenvalue weighted by Crippen LogP contribution is -2.26. The Morgan fingerprint density at radius 3 is 2.82 bits per heavy atom. The number of hydrogen-bond donors (Lipinski definition) is 2. The van der Waals surface area contributed by atoms with Gasteiger partial charge in [0.2, 0.25) is 5.88 Å². The normalized spacial score (nSPS) is 15.5. The van der Waals surface area contributed by atoms with Crippen molar-refractivity contribution in [1.29, 1.82) is 0 Å². The molecule has 1 aliphatic rings. The van der Waals surface area contributed by atoms with E-state index in [0.717, 1.165) is 31.7 Å². The average Bonchev–Trinajstić information content (AvgIpc) is 2.58. The van der Waals surface area contributed by atoms with E-state index < -0.39 is 0 Å². The maximum Gasteiger partial charge on any atom is 0.213 e. The molecule has 22 heavy (non-hydrogen) atoms. The van der Waals surface area contributed by atoms with Crippen molar-refractivity contribution in [2.75, 3.05) is 18.5 Å². The van der Waals surface area contributed by atoms with Crippen molar-refractivity contribution < 1.29 is 14.6 Å². The molecule has 3 rings (SSSR count). The van der Waals surface area contributed by atoms with Gasteiger partial charge in [0.1, 0.15) is 18.5 Å². The van der Waals surface area contributed by atoms with Gasteiger partial charge < -0.3 is 19.9 Å². The number of hydrogen-bond acceptors (Lipinski definition) is 7. The van der Waals surface area contributed by atoms with Crippen LogP contribution in [0.4, 0.5) is 11.5 Å². The summed E-state index contributed by atoms with van der Waals surface area (Å²) >= 11 is 0. The van der Waals surface area contributed by atoms with Gasteiger partial charge in [0, 0.05) is 25.1 Å². The minimum absolute atomic E-state index is 0.175. The second kappa shape index (κ2) is 7.15. The first kappa shape index (κ1) is 14.7. The van der Waals surface area contributed by atoms with Gasteiger partial charge in [0.15, 0.2) is 5.82 Å². The molecule has 7 heteroatoms. The van der Waals surface area contributed by atoms with Gasteiger partial charge in [0.25, 0.3) is 0 Å². The first-order valence-electron chi connectivity index (χ1n) is 7.24. The monoisotopic (exact) mass is 302 g/mol. The van der Waals surface area contributed by atoms with Gasteiger partial charge in [-0.1, -0.05) is 0 Å². The number of pyridine rings is 1. The van der Waals surface area contributed by atoms with Crippen molar-refractivity contribution in [1.82, 2.24) is 15.0 Å². The van der Waals surface area contributed by atoms with Crippen molar-refractivity contribution in [3.05, 3.63) is 36.4 Å². The highest BCUT2D eigenvalue weighted by atomic mass is 16.5. The van der Waals surface area contributed by atoms with Crippen LogP contribution in [0.2, 0.25) is 0 Å². The van der Waals surface area contributed by atoms with E-state index in [4.69, 9.17) is 14.6 Å². The molecule has 1 saturated heterocycles. The Morgan fingerprint density at radius 2 is 2.09 bits per heavy atom. The number of nitrogens with one attached hydrogen (secondary N) is 1. The van der Waals surface area contributed by atoms with E-state index >= 15 is 0 Å². The van der Waals surface area contributed by atoms with Crippen molar-refractivity contribution in [3.63, 3.8) is 0 Å². The summed E-state index contributed by atoms with van der Waals surface area (Å²) in [5.74, 6) is 1.59. The molecule has 0 saturated carbocycles. The summed E-state index contributed by atoms with van der Waals surface area (Å²) in [6.45, 7) is 1.29. The third-order valence-electron chi connectivity index (χ3n) is 3.31. The van der Waals surface area contributed by atoms with Crippen molar-refractivity contribution in [2.45, 2.75) is 25.6 Å². The Kier molecular flexibility index (Phi) is 4.77. The largest absolute Gasteiger partial charge is 0.474 e. The Morgan fingerprint density at radius 1 is 1.23 bits per heavy atom.